The van der Waals surface area contributed by atoms with Crippen molar-refractivity contribution in [3.63, 3.8) is 0 Å². The molecule has 0 aliphatic rings. The van der Waals surface area contributed by atoms with Crippen molar-refractivity contribution in [1.82, 2.24) is 20.0 Å². The monoisotopic (exact) mass is 495 g/mol. The number of benzene rings is 3. The van der Waals surface area contributed by atoms with E-state index in [0.717, 1.165) is 11.8 Å². The van der Waals surface area contributed by atoms with Gasteiger partial charge in [0.05, 0.1) is 17.4 Å². The maximum absolute atomic E-state index is 12.8. The van der Waals surface area contributed by atoms with Crippen LogP contribution in [0.2, 0.25) is 0 Å². The summed E-state index contributed by atoms with van der Waals surface area (Å²) in [6.45, 7) is 0. The van der Waals surface area contributed by atoms with E-state index >= 15 is 0 Å². The zero-order chi connectivity index (χ0) is 23.7. The molecule has 1 N–H and O–H groups in total. The quantitative estimate of drug-likeness (QED) is 0.337. The highest BCUT2D eigenvalue weighted by Gasteiger charge is 2.17. The second kappa shape index (κ2) is 8.80. The number of ether oxygens (including phenoxy) is 1. The molecule has 172 valence electrons. The van der Waals surface area contributed by atoms with Crippen LogP contribution in [0.5, 0.6) is 5.75 Å². The number of methoxy groups -OCH3 is 1. The normalized spacial score (nSPS) is 11.7. The van der Waals surface area contributed by atoms with Crippen molar-refractivity contribution < 1.29 is 17.6 Å². The maximum atomic E-state index is 12.8. The fourth-order valence-corrected chi connectivity index (χ4v) is 5.00. The van der Waals surface area contributed by atoms with E-state index in [9.17, 15) is 13.2 Å². The van der Waals surface area contributed by atoms with Crippen molar-refractivity contribution in [2.24, 2.45) is 0 Å². The molecule has 34 heavy (non-hydrogen) atoms. The Hall–Kier alpha value is -3.90. The summed E-state index contributed by atoms with van der Waals surface area (Å²) in [6, 6.07) is 17.9. The first kappa shape index (κ1) is 21.9. The molecule has 0 spiro atoms. The lowest BCUT2D eigenvalue weighted by atomic mass is 10.2. The summed E-state index contributed by atoms with van der Waals surface area (Å²) in [4.78, 5) is 17.0. The molecule has 2 heterocycles. The number of oxazole rings is 1. The van der Waals surface area contributed by atoms with Crippen molar-refractivity contribution in [2.75, 3.05) is 11.8 Å². The van der Waals surface area contributed by atoms with Crippen molar-refractivity contribution in [3.8, 4) is 5.75 Å². The number of fused-ring (bicyclic) bond motifs is 2. The van der Waals surface area contributed by atoms with Crippen LogP contribution < -0.4 is 15.0 Å². The molecule has 0 aliphatic heterocycles. The van der Waals surface area contributed by atoms with Gasteiger partial charge >= 0.3 is 0 Å². The van der Waals surface area contributed by atoms with Gasteiger partial charge < -0.3 is 9.15 Å². The third-order valence-electron chi connectivity index (χ3n) is 4.93. The number of aromatic nitrogens is 4. The molecule has 10 nitrogen and oxygen atoms in total. The standard InChI is InChI=1S/C22H17N5O5S2/c1-31-15-8-6-14(7-9-15)25-34(29,30)16-10-11-20-19(12-16)23-22(32-20)33-13-27-21(28)17-4-2-3-5-18(17)24-26-27/h2-12,25H,13H2,1H3. The molecule has 0 radical (unpaired) electrons. The summed E-state index contributed by atoms with van der Waals surface area (Å²) >= 11 is 1.15. The summed E-state index contributed by atoms with van der Waals surface area (Å²) < 4.78 is 40.1. The second-order valence-corrected chi connectivity index (χ2v) is 9.71. The van der Waals surface area contributed by atoms with Gasteiger partial charge in [0.1, 0.15) is 22.7 Å². The lowest BCUT2D eigenvalue weighted by molar-refractivity contribution is 0.415. The third-order valence-corrected chi connectivity index (χ3v) is 7.11. The Morgan fingerprint density at radius 2 is 1.85 bits per heavy atom. The number of thioether (sulfide) groups is 1. The summed E-state index contributed by atoms with van der Waals surface area (Å²) in [5, 5.41) is 8.73. The fraction of sp³-hybridized carbons (Fsp3) is 0.0909. The van der Waals surface area contributed by atoms with Gasteiger partial charge in [0, 0.05) is 5.69 Å². The highest BCUT2D eigenvalue weighted by Crippen LogP contribution is 2.27. The summed E-state index contributed by atoms with van der Waals surface area (Å²) in [5.74, 6) is 0.752. The minimum atomic E-state index is -3.84. The minimum absolute atomic E-state index is 0.0392. The molecule has 0 fully saturated rings. The van der Waals surface area contributed by atoms with E-state index in [2.05, 4.69) is 20.0 Å². The van der Waals surface area contributed by atoms with Gasteiger partial charge in [-0.25, -0.2) is 13.4 Å². The Morgan fingerprint density at radius 1 is 1.06 bits per heavy atom. The van der Waals surface area contributed by atoms with Crippen LogP contribution >= 0.6 is 11.8 Å². The van der Waals surface area contributed by atoms with Gasteiger partial charge in [-0.1, -0.05) is 17.3 Å². The molecule has 0 saturated carbocycles. The van der Waals surface area contributed by atoms with E-state index < -0.39 is 10.0 Å². The van der Waals surface area contributed by atoms with Gasteiger partial charge in [-0.05, 0) is 66.4 Å². The van der Waals surface area contributed by atoms with Gasteiger partial charge in [0.25, 0.3) is 20.8 Å². The van der Waals surface area contributed by atoms with Crippen LogP contribution in [0.3, 0.4) is 0 Å². The topological polar surface area (TPSA) is 129 Å². The van der Waals surface area contributed by atoms with Crippen molar-refractivity contribution in [1.29, 1.82) is 0 Å². The molecule has 0 bridgehead atoms. The van der Waals surface area contributed by atoms with Crippen LogP contribution in [0, 0.1) is 0 Å². The number of rotatable bonds is 7. The van der Waals surface area contributed by atoms with E-state index in [0.29, 0.717) is 33.4 Å². The average molecular weight is 496 g/mol. The lowest BCUT2D eigenvalue weighted by Gasteiger charge is -2.08. The number of hydrogen-bond donors (Lipinski definition) is 1. The third kappa shape index (κ3) is 4.32. The first-order valence-corrected chi connectivity index (χ1v) is 12.4. The van der Waals surface area contributed by atoms with Crippen LogP contribution in [-0.4, -0.2) is 35.5 Å². The second-order valence-electron chi connectivity index (χ2n) is 7.13. The molecular formula is C22H17N5O5S2. The summed E-state index contributed by atoms with van der Waals surface area (Å²) in [7, 11) is -2.31. The first-order chi connectivity index (χ1) is 16.4. The van der Waals surface area contributed by atoms with E-state index in [1.54, 1.807) is 48.5 Å². The van der Waals surface area contributed by atoms with Crippen LogP contribution in [0.15, 0.2) is 86.1 Å². The predicted octanol–water partition coefficient (Wildman–Crippen LogP) is 3.49. The summed E-state index contributed by atoms with van der Waals surface area (Å²) in [6.07, 6.45) is 0. The SMILES string of the molecule is COc1ccc(NS(=O)(=O)c2ccc3oc(SCn4nnc5ccccc5c4=O)nc3c2)cc1. The molecule has 2 aromatic heterocycles. The Kier molecular flexibility index (Phi) is 5.67. The highest BCUT2D eigenvalue weighted by atomic mass is 32.2. The van der Waals surface area contributed by atoms with E-state index in [1.165, 1.54) is 30.0 Å². The van der Waals surface area contributed by atoms with Crippen molar-refractivity contribution >= 4 is 49.5 Å². The van der Waals surface area contributed by atoms with Gasteiger partial charge in [0.15, 0.2) is 5.58 Å². The van der Waals surface area contributed by atoms with E-state index in [1.807, 2.05) is 0 Å². The van der Waals surface area contributed by atoms with E-state index in [-0.39, 0.29) is 21.6 Å². The molecule has 5 aromatic rings. The molecule has 0 aliphatic carbocycles. The molecule has 12 heteroatoms. The number of hydrogen-bond acceptors (Lipinski definition) is 9. The molecule has 0 amide bonds. The summed E-state index contributed by atoms with van der Waals surface area (Å²) in [5.41, 5.74) is 1.44. The lowest BCUT2D eigenvalue weighted by Crippen LogP contribution is -2.23. The van der Waals surface area contributed by atoms with Crippen molar-refractivity contribution in [2.45, 2.75) is 16.0 Å². The van der Waals surface area contributed by atoms with E-state index in [4.69, 9.17) is 9.15 Å². The minimum Gasteiger partial charge on any atom is -0.497 e. The Labute approximate surface area is 197 Å². The number of anilines is 1. The highest BCUT2D eigenvalue weighted by molar-refractivity contribution is 7.98. The number of nitrogens with zero attached hydrogens (tertiary/aromatic N) is 4. The predicted molar refractivity (Wildman–Crippen MR) is 127 cm³/mol. The molecule has 0 saturated heterocycles. The molecule has 5 rings (SSSR count). The van der Waals surface area contributed by atoms with Gasteiger partial charge in [-0.2, -0.15) is 4.68 Å². The zero-order valence-corrected chi connectivity index (χ0v) is 19.3. The van der Waals surface area contributed by atoms with Crippen molar-refractivity contribution in [3.05, 3.63) is 77.1 Å². The van der Waals surface area contributed by atoms with Gasteiger partial charge in [-0.3, -0.25) is 9.52 Å². The molecule has 0 atom stereocenters. The molecular weight excluding hydrogens is 478 g/mol. The smallest absolute Gasteiger partial charge is 0.278 e. The van der Waals surface area contributed by atoms with Gasteiger partial charge in [0.2, 0.25) is 0 Å². The van der Waals surface area contributed by atoms with Gasteiger partial charge in [-0.15, -0.1) is 5.10 Å². The fourth-order valence-electron chi connectivity index (χ4n) is 3.21. The van der Waals surface area contributed by atoms with Crippen LogP contribution in [-0.2, 0) is 15.9 Å². The molecule has 3 aromatic carbocycles. The van der Waals surface area contributed by atoms with Crippen LogP contribution in [0.25, 0.3) is 22.0 Å². The Morgan fingerprint density at radius 3 is 2.65 bits per heavy atom. The maximum Gasteiger partial charge on any atom is 0.278 e. The Bertz CT molecular complexity index is 1660. The molecule has 0 unspecified atom stereocenters. The first-order valence-electron chi connectivity index (χ1n) is 9.96. The number of nitrogens with one attached hydrogen (secondary N) is 1. The Balaban J connectivity index is 1.35. The van der Waals surface area contributed by atoms with Crippen LogP contribution in [0.4, 0.5) is 5.69 Å². The van der Waals surface area contributed by atoms with Crippen LogP contribution in [0.1, 0.15) is 0 Å². The zero-order valence-electron chi connectivity index (χ0n) is 17.7. The average Bonchev–Trinajstić information content (AvgIpc) is 3.26. The largest absolute Gasteiger partial charge is 0.497 e. The number of sulfonamides is 1.